The van der Waals surface area contributed by atoms with E-state index in [0.29, 0.717) is 6.54 Å². The molecule has 2 N–H and O–H groups in total. The highest BCUT2D eigenvalue weighted by atomic mass is 16.5. The Bertz CT molecular complexity index is 167. The highest BCUT2D eigenvalue weighted by molar-refractivity contribution is 4.78. The molecule has 1 aliphatic rings. The Balaban J connectivity index is 2.12. The summed E-state index contributed by atoms with van der Waals surface area (Å²) in [5.74, 6) is 0. The Morgan fingerprint density at radius 1 is 1.19 bits per heavy atom. The number of hydrogen-bond donors (Lipinski definition) is 1. The molecule has 0 aromatic carbocycles. The van der Waals surface area contributed by atoms with Gasteiger partial charge in [-0.25, -0.2) is 0 Å². The second-order valence-corrected chi connectivity index (χ2v) is 4.85. The summed E-state index contributed by atoms with van der Waals surface area (Å²) in [7, 11) is 0. The molecular weight excluding hydrogens is 200 g/mol. The molecule has 1 heterocycles. The lowest BCUT2D eigenvalue weighted by Crippen LogP contribution is -2.40. The Labute approximate surface area is 100 Å². The van der Waals surface area contributed by atoms with E-state index in [1.54, 1.807) is 0 Å². The molecule has 0 atom stereocenters. The molecular formula is C13H28N2O. The van der Waals surface area contributed by atoms with Crippen LogP contribution in [0.1, 0.15) is 46.0 Å². The van der Waals surface area contributed by atoms with E-state index in [9.17, 15) is 0 Å². The molecule has 0 saturated carbocycles. The first-order valence-electron chi connectivity index (χ1n) is 6.82. The van der Waals surface area contributed by atoms with E-state index in [4.69, 9.17) is 10.5 Å². The minimum absolute atomic E-state index is 0.0645. The van der Waals surface area contributed by atoms with Gasteiger partial charge >= 0.3 is 0 Å². The number of likely N-dealkylation sites (tertiary alicyclic amines) is 1. The van der Waals surface area contributed by atoms with Crippen molar-refractivity contribution in [2.24, 2.45) is 5.73 Å². The first kappa shape index (κ1) is 13.9. The summed E-state index contributed by atoms with van der Waals surface area (Å²) in [5.41, 5.74) is 5.73. The normalized spacial score (nSPS) is 18.2. The van der Waals surface area contributed by atoms with Gasteiger partial charge in [0.25, 0.3) is 0 Å². The molecule has 0 bridgehead atoms. The van der Waals surface area contributed by atoms with Crippen LogP contribution in [0.5, 0.6) is 0 Å². The standard InChI is InChI=1S/C13H28N2O/c1-3-13(4-2,12-14)16-11-7-10-15-8-5-6-9-15/h3-12,14H2,1-2H3. The molecule has 1 rings (SSSR count). The minimum Gasteiger partial charge on any atom is -0.374 e. The molecule has 3 heteroatoms. The van der Waals surface area contributed by atoms with E-state index in [-0.39, 0.29) is 5.60 Å². The Hall–Kier alpha value is -0.120. The summed E-state index contributed by atoms with van der Waals surface area (Å²) in [6, 6.07) is 0. The number of nitrogens with two attached hydrogens (primary N) is 1. The van der Waals surface area contributed by atoms with Crippen LogP contribution in [-0.2, 0) is 4.74 Å². The summed E-state index contributed by atoms with van der Waals surface area (Å²) < 4.78 is 5.99. The molecule has 0 radical (unpaired) electrons. The molecule has 0 amide bonds. The van der Waals surface area contributed by atoms with Crippen molar-refractivity contribution in [2.75, 3.05) is 32.8 Å². The minimum atomic E-state index is -0.0645. The quantitative estimate of drug-likeness (QED) is 0.646. The fourth-order valence-electron chi connectivity index (χ4n) is 2.38. The van der Waals surface area contributed by atoms with Gasteiger partial charge in [0.05, 0.1) is 5.60 Å². The molecule has 0 aromatic heterocycles. The zero-order valence-electron chi connectivity index (χ0n) is 11.0. The fraction of sp³-hybridized carbons (Fsp3) is 1.00. The average Bonchev–Trinajstić information content (AvgIpc) is 2.83. The summed E-state index contributed by atoms with van der Waals surface area (Å²) in [5, 5.41) is 0. The molecule has 96 valence electrons. The monoisotopic (exact) mass is 228 g/mol. The Kier molecular flexibility index (Phi) is 6.32. The number of nitrogens with zero attached hydrogens (tertiary/aromatic N) is 1. The molecule has 16 heavy (non-hydrogen) atoms. The highest BCUT2D eigenvalue weighted by Crippen LogP contribution is 2.19. The van der Waals surface area contributed by atoms with Crippen molar-refractivity contribution in [3.05, 3.63) is 0 Å². The maximum absolute atomic E-state index is 5.99. The molecule has 3 nitrogen and oxygen atoms in total. The van der Waals surface area contributed by atoms with Gasteiger partial charge in [-0.2, -0.15) is 0 Å². The largest absolute Gasteiger partial charge is 0.374 e. The van der Waals surface area contributed by atoms with E-state index in [1.807, 2.05) is 0 Å². The molecule has 0 unspecified atom stereocenters. The molecule has 0 aromatic rings. The van der Waals surface area contributed by atoms with E-state index in [1.165, 1.54) is 32.5 Å². The van der Waals surface area contributed by atoms with Crippen molar-refractivity contribution in [3.63, 3.8) is 0 Å². The van der Waals surface area contributed by atoms with Gasteiger partial charge in [-0.1, -0.05) is 13.8 Å². The summed E-state index contributed by atoms with van der Waals surface area (Å²) in [4.78, 5) is 2.53. The van der Waals surface area contributed by atoms with Crippen molar-refractivity contribution in [3.8, 4) is 0 Å². The van der Waals surface area contributed by atoms with Crippen LogP contribution in [0.25, 0.3) is 0 Å². The maximum Gasteiger partial charge on any atom is 0.0798 e. The number of ether oxygens (including phenoxy) is 1. The van der Waals surface area contributed by atoms with Gasteiger partial charge in [0.1, 0.15) is 0 Å². The third-order valence-electron chi connectivity index (χ3n) is 3.89. The highest BCUT2D eigenvalue weighted by Gasteiger charge is 2.24. The lowest BCUT2D eigenvalue weighted by atomic mass is 9.97. The van der Waals surface area contributed by atoms with Gasteiger partial charge in [-0.05, 0) is 45.2 Å². The Morgan fingerprint density at radius 3 is 2.31 bits per heavy atom. The predicted octanol–water partition coefficient (Wildman–Crippen LogP) is 2.01. The third-order valence-corrected chi connectivity index (χ3v) is 3.89. The first-order valence-corrected chi connectivity index (χ1v) is 6.82. The van der Waals surface area contributed by atoms with Crippen LogP contribution in [0.4, 0.5) is 0 Å². The number of rotatable bonds is 8. The Morgan fingerprint density at radius 2 is 1.81 bits per heavy atom. The predicted molar refractivity (Wildman–Crippen MR) is 68.6 cm³/mol. The lowest BCUT2D eigenvalue weighted by Gasteiger charge is -2.30. The van der Waals surface area contributed by atoms with Crippen LogP contribution in [0, 0.1) is 0 Å². The first-order chi connectivity index (χ1) is 7.76. The third kappa shape index (κ3) is 4.04. The van der Waals surface area contributed by atoms with Gasteiger partial charge in [0.15, 0.2) is 0 Å². The molecule has 1 saturated heterocycles. The summed E-state index contributed by atoms with van der Waals surface area (Å²) >= 11 is 0. The smallest absolute Gasteiger partial charge is 0.0798 e. The van der Waals surface area contributed by atoms with Crippen molar-refractivity contribution < 1.29 is 4.74 Å². The maximum atomic E-state index is 5.99. The van der Waals surface area contributed by atoms with Crippen LogP contribution < -0.4 is 5.73 Å². The van der Waals surface area contributed by atoms with Gasteiger partial charge in [0.2, 0.25) is 0 Å². The zero-order valence-corrected chi connectivity index (χ0v) is 11.0. The molecule has 0 spiro atoms. The van der Waals surface area contributed by atoms with Crippen molar-refractivity contribution in [2.45, 2.75) is 51.6 Å². The lowest BCUT2D eigenvalue weighted by molar-refractivity contribution is -0.0468. The van der Waals surface area contributed by atoms with Crippen LogP contribution in [0.15, 0.2) is 0 Å². The van der Waals surface area contributed by atoms with Gasteiger partial charge in [-0.3, -0.25) is 0 Å². The van der Waals surface area contributed by atoms with Crippen LogP contribution in [0.2, 0.25) is 0 Å². The second kappa shape index (κ2) is 7.25. The fourth-order valence-corrected chi connectivity index (χ4v) is 2.38. The van der Waals surface area contributed by atoms with Gasteiger partial charge < -0.3 is 15.4 Å². The average molecular weight is 228 g/mol. The van der Waals surface area contributed by atoms with Crippen LogP contribution >= 0.6 is 0 Å². The van der Waals surface area contributed by atoms with Crippen molar-refractivity contribution in [1.29, 1.82) is 0 Å². The van der Waals surface area contributed by atoms with E-state index >= 15 is 0 Å². The summed E-state index contributed by atoms with van der Waals surface area (Å²) in [6.45, 7) is 9.58. The van der Waals surface area contributed by atoms with Gasteiger partial charge in [-0.15, -0.1) is 0 Å². The molecule has 0 aliphatic carbocycles. The van der Waals surface area contributed by atoms with Crippen molar-refractivity contribution in [1.82, 2.24) is 4.90 Å². The zero-order chi connectivity index (χ0) is 11.9. The van der Waals surface area contributed by atoms with E-state index < -0.39 is 0 Å². The molecule has 1 fully saturated rings. The van der Waals surface area contributed by atoms with E-state index in [0.717, 1.165) is 25.9 Å². The topological polar surface area (TPSA) is 38.5 Å². The SMILES string of the molecule is CCC(CC)(CN)OCCCN1CCCC1. The van der Waals surface area contributed by atoms with E-state index in [2.05, 4.69) is 18.7 Å². The molecule has 1 aliphatic heterocycles. The van der Waals surface area contributed by atoms with Crippen LogP contribution in [0.3, 0.4) is 0 Å². The number of hydrogen-bond acceptors (Lipinski definition) is 3. The van der Waals surface area contributed by atoms with Gasteiger partial charge in [0, 0.05) is 19.7 Å². The summed E-state index contributed by atoms with van der Waals surface area (Å²) in [6.07, 6.45) is 5.92. The van der Waals surface area contributed by atoms with Crippen molar-refractivity contribution >= 4 is 0 Å². The van der Waals surface area contributed by atoms with Crippen LogP contribution in [-0.4, -0.2) is 43.3 Å². The second-order valence-electron chi connectivity index (χ2n) is 4.85.